The van der Waals surface area contributed by atoms with E-state index in [4.69, 9.17) is 4.52 Å². The monoisotopic (exact) mass is 237 g/mol. The molecule has 1 saturated carbocycles. The third-order valence-corrected chi connectivity index (χ3v) is 3.21. The maximum absolute atomic E-state index is 11.7. The molecule has 1 fully saturated rings. The van der Waals surface area contributed by atoms with Crippen molar-refractivity contribution < 1.29 is 9.32 Å². The fourth-order valence-electron chi connectivity index (χ4n) is 1.87. The molecule has 5 nitrogen and oxygen atoms in total. The average molecular weight is 237 g/mol. The van der Waals surface area contributed by atoms with Gasteiger partial charge in [-0.05, 0) is 26.2 Å². The number of nitrogens with one attached hydrogen (secondary N) is 2. The summed E-state index contributed by atoms with van der Waals surface area (Å²) in [7, 11) is 0. The summed E-state index contributed by atoms with van der Waals surface area (Å²) in [6.45, 7) is 6.08. The van der Waals surface area contributed by atoms with Gasteiger partial charge in [0.1, 0.15) is 5.76 Å². The molecular weight excluding hydrogens is 218 g/mol. The third kappa shape index (κ3) is 2.78. The maximum Gasteiger partial charge on any atom is 0.320 e. The van der Waals surface area contributed by atoms with E-state index < -0.39 is 0 Å². The predicted molar refractivity (Wildman–Crippen MR) is 65.0 cm³/mol. The standard InChI is InChI=1S/C12H19N3O2/c1-8(2)9-7-10(15-17-9)13-11(16)14-12(3)5-4-6-12/h7-8H,4-6H2,1-3H3,(H2,13,14,15,16). The van der Waals surface area contributed by atoms with Crippen molar-refractivity contribution in [2.45, 2.75) is 51.5 Å². The number of nitrogens with zero attached hydrogens (tertiary/aromatic N) is 1. The summed E-state index contributed by atoms with van der Waals surface area (Å²) in [5, 5.41) is 9.44. The van der Waals surface area contributed by atoms with Crippen LogP contribution in [0.15, 0.2) is 10.6 Å². The van der Waals surface area contributed by atoms with Crippen LogP contribution in [0.3, 0.4) is 0 Å². The molecule has 5 heteroatoms. The van der Waals surface area contributed by atoms with Gasteiger partial charge in [0.2, 0.25) is 0 Å². The molecule has 0 aromatic carbocycles. The number of amides is 2. The molecule has 1 aliphatic rings. The Morgan fingerprint density at radius 2 is 2.24 bits per heavy atom. The van der Waals surface area contributed by atoms with Gasteiger partial charge in [-0.15, -0.1) is 0 Å². The van der Waals surface area contributed by atoms with Crippen LogP contribution in [-0.4, -0.2) is 16.7 Å². The van der Waals surface area contributed by atoms with Gasteiger partial charge in [-0.3, -0.25) is 5.32 Å². The summed E-state index contributed by atoms with van der Waals surface area (Å²) in [6.07, 6.45) is 3.26. The molecule has 0 saturated heterocycles. The number of anilines is 1. The number of carbonyl (C=O) groups is 1. The normalized spacial score (nSPS) is 17.6. The number of urea groups is 1. The zero-order valence-corrected chi connectivity index (χ0v) is 10.5. The molecule has 0 radical (unpaired) electrons. The van der Waals surface area contributed by atoms with Crippen molar-refractivity contribution in [3.8, 4) is 0 Å². The second-order valence-corrected chi connectivity index (χ2v) is 5.26. The van der Waals surface area contributed by atoms with Gasteiger partial charge in [-0.25, -0.2) is 4.79 Å². The Hall–Kier alpha value is -1.52. The molecular formula is C12H19N3O2. The first-order valence-electron chi connectivity index (χ1n) is 6.04. The summed E-state index contributed by atoms with van der Waals surface area (Å²) in [5.74, 6) is 1.51. The first-order valence-corrected chi connectivity index (χ1v) is 6.04. The molecule has 1 aromatic rings. The van der Waals surface area contributed by atoms with E-state index in [1.807, 2.05) is 13.8 Å². The lowest BCUT2D eigenvalue weighted by Crippen LogP contribution is -2.52. The molecule has 0 unspecified atom stereocenters. The number of hydrogen-bond donors (Lipinski definition) is 2. The van der Waals surface area contributed by atoms with Crippen LogP contribution in [-0.2, 0) is 0 Å². The highest BCUT2D eigenvalue weighted by molar-refractivity contribution is 5.88. The fraction of sp³-hybridized carbons (Fsp3) is 0.667. The van der Waals surface area contributed by atoms with Gasteiger partial charge in [-0.2, -0.15) is 0 Å². The van der Waals surface area contributed by atoms with Crippen molar-refractivity contribution in [3.05, 3.63) is 11.8 Å². The smallest absolute Gasteiger partial charge is 0.320 e. The predicted octanol–water partition coefficient (Wildman–Crippen LogP) is 2.86. The zero-order valence-electron chi connectivity index (χ0n) is 10.5. The SMILES string of the molecule is CC(C)c1cc(NC(=O)NC2(C)CCC2)no1. The molecule has 1 aromatic heterocycles. The summed E-state index contributed by atoms with van der Waals surface area (Å²) >= 11 is 0. The Balaban J connectivity index is 1.89. The van der Waals surface area contributed by atoms with E-state index in [0.29, 0.717) is 5.82 Å². The van der Waals surface area contributed by atoms with Crippen LogP contribution < -0.4 is 10.6 Å². The molecule has 0 spiro atoms. The van der Waals surface area contributed by atoms with Crippen LogP contribution in [0, 0.1) is 0 Å². The number of hydrogen-bond acceptors (Lipinski definition) is 3. The van der Waals surface area contributed by atoms with Gasteiger partial charge in [0, 0.05) is 17.5 Å². The van der Waals surface area contributed by atoms with Crippen molar-refractivity contribution in [2.75, 3.05) is 5.32 Å². The van der Waals surface area contributed by atoms with E-state index in [9.17, 15) is 4.79 Å². The van der Waals surface area contributed by atoms with E-state index in [1.165, 1.54) is 6.42 Å². The zero-order chi connectivity index (χ0) is 12.5. The van der Waals surface area contributed by atoms with Crippen LogP contribution >= 0.6 is 0 Å². The molecule has 2 rings (SSSR count). The highest BCUT2D eigenvalue weighted by Gasteiger charge is 2.33. The van der Waals surface area contributed by atoms with Gasteiger partial charge < -0.3 is 9.84 Å². The van der Waals surface area contributed by atoms with E-state index in [2.05, 4.69) is 22.7 Å². The van der Waals surface area contributed by atoms with Crippen molar-refractivity contribution in [3.63, 3.8) is 0 Å². The summed E-state index contributed by atoms with van der Waals surface area (Å²) in [5.41, 5.74) is -0.0469. The molecule has 1 aliphatic carbocycles. The highest BCUT2D eigenvalue weighted by Crippen LogP contribution is 2.30. The second kappa shape index (κ2) is 4.39. The first kappa shape index (κ1) is 12.0. The second-order valence-electron chi connectivity index (χ2n) is 5.26. The van der Waals surface area contributed by atoms with E-state index in [0.717, 1.165) is 18.6 Å². The number of carbonyl (C=O) groups excluding carboxylic acids is 1. The van der Waals surface area contributed by atoms with Crippen LogP contribution in [0.1, 0.15) is 51.7 Å². The van der Waals surface area contributed by atoms with Gasteiger partial charge in [0.25, 0.3) is 0 Å². The largest absolute Gasteiger partial charge is 0.359 e. The minimum Gasteiger partial charge on any atom is -0.359 e. The van der Waals surface area contributed by atoms with Crippen molar-refractivity contribution in [2.24, 2.45) is 0 Å². The maximum atomic E-state index is 11.7. The Bertz CT molecular complexity index is 408. The topological polar surface area (TPSA) is 67.2 Å². The third-order valence-electron chi connectivity index (χ3n) is 3.21. The average Bonchev–Trinajstić information content (AvgIpc) is 2.63. The van der Waals surface area contributed by atoms with Gasteiger partial charge in [0.05, 0.1) is 0 Å². The Morgan fingerprint density at radius 3 is 2.71 bits per heavy atom. The summed E-state index contributed by atoms with van der Waals surface area (Å²) < 4.78 is 5.10. The molecule has 0 aliphatic heterocycles. The highest BCUT2D eigenvalue weighted by atomic mass is 16.5. The van der Waals surface area contributed by atoms with Crippen LogP contribution in [0.2, 0.25) is 0 Å². The molecule has 94 valence electrons. The summed E-state index contributed by atoms with van der Waals surface area (Å²) in [4.78, 5) is 11.7. The minimum atomic E-state index is -0.212. The fourth-order valence-corrected chi connectivity index (χ4v) is 1.87. The molecule has 0 atom stereocenters. The van der Waals surface area contributed by atoms with Gasteiger partial charge >= 0.3 is 6.03 Å². The van der Waals surface area contributed by atoms with Gasteiger partial charge in [-0.1, -0.05) is 19.0 Å². The van der Waals surface area contributed by atoms with Crippen molar-refractivity contribution >= 4 is 11.8 Å². The molecule has 1 heterocycles. The van der Waals surface area contributed by atoms with E-state index in [1.54, 1.807) is 6.07 Å². The quantitative estimate of drug-likeness (QED) is 0.849. The Morgan fingerprint density at radius 1 is 1.53 bits per heavy atom. The van der Waals surface area contributed by atoms with Crippen LogP contribution in [0.5, 0.6) is 0 Å². The van der Waals surface area contributed by atoms with Crippen molar-refractivity contribution in [1.29, 1.82) is 0 Å². The lowest BCUT2D eigenvalue weighted by molar-refractivity contribution is 0.200. The Labute approximate surface area is 101 Å². The number of rotatable bonds is 3. The van der Waals surface area contributed by atoms with Gasteiger partial charge in [0.15, 0.2) is 5.82 Å². The van der Waals surface area contributed by atoms with Crippen LogP contribution in [0.25, 0.3) is 0 Å². The lowest BCUT2D eigenvalue weighted by atomic mass is 9.79. The number of aromatic nitrogens is 1. The van der Waals surface area contributed by atoms with Crippen LogP contribution in [0.4, 0.5) is 10.6 Å². The first-order chi connectivity index (χ1) is 7.98. The molecule has 0 bridgehead atoms. The van der Waals surface area contributed by atoms with Crippen molar-refractivity contribution in [1.82, 2.24) is 10.5 Å². The summed E-state index contributed by atoms with van der Waals surface area (Å²) in [6, 6.07) is 1.55. The Kier molecular flexibility index (Phi) is 3.09. The van der Waals surface area contributed by atoms with E-state index >= 15 is 0 Å². The molecule has 2 N–H and O–H groups in total. The lowest BCUT2D eigenvalue weighted by Gasteiger charge is -2.38. The minimum absolute atomic E-state index is 0.0469. The van der Waals surface area contributed by atoms with E-state index in [-0.39, 0.29) is 17.5 Å². The molecule has 17 heavy (non-hydrogen) atoms. The molecule has 2 amide bonds.